The van der Waals surface area contributed by atoms with Gasteiger partial charge in [0, 0.05) is 24.2 Å². The Morgan fingerprint density at radius 2 is 1.84 bits per heavy atom. The van der Waals surface area contributed by atoms with Gasteiger partial charge in [-0.25, -0.2) is 14.1 Å². The number of non-ortho nitro benzene ring substituents is 1. The minimum absolute atomic E-state index is 0.0255. The smallest absolute Gasteiger partial charge is 0.269 e. The van der Waals surface area contributed by atoms with E-state index < -0.39 is 10.7 Å². The van der Waals surface area contributed by atoms with E-state index in [2.05, 4.69) is 15.4 Å². The van der Waals surface area contributed by atoms with Crippen molar-refractivity contribution in [1.82, 2.24) is 24.6 Å². The Bertz CT molecular complexity index is 1350. The molecule has 1 amide bonds. The maximum absolute atomic E-state index is 13.0. The number of benzene rings is 2. The Morgan fingerprint density at radius 1 is 1.12 bits per heavy atom. The van der Waals surface area contributed by atoms with Gasteiger partial charge in [-0.3, -0.25) is 24.3 Å². The van der Waals surface area contributed by atoms with E-state index in [-0.39, 0.29) is 36.8 Å². The van der Waals surface area contributed by atoms with Gasteiger partial charge in [0.15, 0.2) is 5.65 Å². The molecule has 4 aromatic rings. The minimum atomic E-state index is -0.486. The average Bonchev–Trinajstić information content (AvgIpc) is 3.20. The number of halogens is 1. The van der Waals surface area contributed by atoms with Crippen LogP contribution < -0.4 is 10.9 Å². The summed E-state index contributed by atoms with van der Waals surface area (Å²) in [7, 11) is 0. The molecule has 2 heterocycles. The molecule has 4 rings (SSSR count). The highest BCUT2D eigenvalue weighted by Gasteiger charge is 2.12. The lowest BCUT2D eigenvalue weighted by Crippen LogP contribution is -2.27. The molecule has 1 N–H and O–H groups in total. The predicted molar refractivity (Wildman–Crippen MR) is 113 cm³/mol. The van der Waals surface area contributed by atoms with E-state index in [0.29, 0.717) is 16.6 Å². The molecule has 2 aromatic carbocycles. The largest absolute Gasteiger partial charge is 0.350 e. The Morgan fingerprint density at radius 3 is 2.53 bits per heavy atom. The van der Waals surface area contributed by atoms with Crippen LogP contribution in [-0.4, -0.2) is 36.7 Å². The third kappa shape index (κ3) is 4.36. The highest BCUT2D eigenvalue weighted by molar-refractivity contribution is 5.94. The number of nitrogens with one attached hydrogen (secondary N) is 1. The molecule has 0 radical (unpaired) electrons. The molecule has 162 valence electrons. The molecule has 0 unspecified atom stereocenters. The van der Waals surface area contributed by atoms with Gasteiger partial charge in [-0.2, -0.15) is 5.10 Å². The fraction of sp³-hybridized carbons (Fsp3) is 0.143. The number of nitro groups is 1. The van der Waals surface area contributed by atoms with Crippen molar-refractivity contribution < 1.29 is 14.1 Å². The Hall–Kier alpha value is -4.41. The summed E-state index contributed by atoms with van der Waals surface area (Å²) in [4.78, 5) is 39.5. The van der Waals surface area contributed by atoms with Crippen LogP contribution in [0.25, 0.3) is 11.0 Å². The van der Waals surface area contributed by atoms with Crippen molar-refractivity contribution in [3.8, 4) is 0 Å². The van der Waals surface area contributed by atoms with Gasteiger partial charge in [0.05, 0.1) is 24.2 Å². The van der Waals surface area contributed by atoms with Crippen molar-refractivity contribution in [3.63, 3.8) is 0 Å². The summed E-state index contributed by atoms with van der Waals surface area (Å²) in [5.41, 5.74) is 1.11. The summed E-state index contributed by atoms with van der Waals surface area (Å²) in [5.74, 6) is -0.769. The summed E-state index contributed by atoms with van der Waals surface area (Å²) in [6.07, 6.45) is 2.81. The van der Waals surface area contributed by atoms with Gasteiger partial charge < -0.3 is 5.32 Å². The van der Waals surface area contributed by atoms with Crippen molar-refractivity contribution in [3.05, 3.63) is 98.5 Å². The number of hydrogen-bond donors (Lipinski definition) is 1. The zero-order valence-corrected chi connectivity index (χ0v) is 16.6. The molecular weight excluding hydrogens is 419 g/mol. The summed E-state index contributed by atoms with van der Waals surface area (Å²) in [6.45, 7) is 0.731. The normalized spacial score (nSPS) is 10.9. The van der Waals surface area contributed by atoms with Crippen molar-refractivity contribution in [2.24, 2.45) is 0 Å². The van der Waals surface area contributed by atoms with E-state index >= 15 is 0 Å². The lowest BCUT2D eigenvalue weighted by molar-refractivity contribution is -0.384. The van der Waals surface area contributed by atoms with Gasteiger partial charge in [0.25, 0.3) is 17.2 Å². The van der Waals surface area contributed by atoms with Gasteiger partial charge in [0.1, 0.15) is 17.5 Å². The summed E-state index contributed by atoms with van der Waals surface area (Å²) in [5, 5.41) is 18.0. The molecule has 0 spiro atoms. The van der Waals surface area contributed by atoms with Crippen molar-refractivity contribution in [2.45, 2.75) is 13.1 Å². The average molecular weight is 436 g/mol. The van der Waals surface area contributed by atoms with Crippen molar-refractivity contribution >= 4 is 22.6 Å². The number of nitrogens with zero attached hydrogens (tertiary/aromatic N) is 5. The second kappa shape index (κ2) is 8.76. The highest BCUT2D eigenvalue weighted by Crippen LogP contribution is 2.13. The van der Waals surface area contributed by atoms with Gasteiger partial charge in [-0.1, -0.05) is 12.1 Å². The summed E-state index contributed by atoms with van der Waals surface area (Å²) in [6, 6.07) is 11.1. The van der Waals surface area contributed by atoms with Crippen LogP contribution in [0.5, 0.6) is 0 Å². The fourth-order valence-electron chi connectivity index (χ4n) is 3.17. The van der Waals surface area contributed by atoms with Gasteiger partial charge >= 0.3 is 0 Å². The van der Waals surface area contributed by atoms with Crippen LogP contribution in [0.4, 0.5) is 10.1 Å². The number of carbonyl (C=O) groups excluding carboxylic acids is 1. The topological polar surface area (TPSA) is 125 Å². The van der Waals surface area contributed by atoms with Crippen LogP contribution in [0.1, 0.15) is 15.9 Å². The molecule has 0 aliphatic carbocycles. The Kier molecular flexibility index (Phi) is 5.71. The summed E-state index contributed by atoms with van der Waals surface area (Å²) < 4.78 is 15.9. The first-order chi connectivity index (χ1) is 15.4. The Balaban J connectivity index is 1.44. The highest BCUT2D eigenvalue weighted by atomic mass is 19.1. The maximum atomic E-state index is 13.0. The zero-order chi connectivity index (χ0) is 22.7. The Labute approximate surface area is 180 Å². The monoisotopic (exact) mass is 436 g/mol. The number of nitro benzene ring substituents is 1. The quantitative estimate of drug-likeness (QED) is 0.349. The maximum Gasteiger partial charge on any atom is 0.269 e. The second-order valence-corrected chi connectivity index (χ2v) is 6.97. The molecule has 0 fully saturated rings. The number of rotatable bonds is 7. The van der Waals surface area contributed by atoms with E-state index in [1.54, 1.807) is 12.1 Å². The predicted octanol–water partition coefficient (Wildman–Crippen LogP) is 2.12. The van der Waals surface area contributed by atoms with Crippen LogP contribution in [0, 0.1) is 15.9 Å². The lowest BCUT2D eigenvalue weighted by atomic mass is 10.2. The van der Waals surface area contributed by atoms with Crippen molar-refractivity contribution in [2.75, 3.05) is 6.54 Å². The SMILES string of the molecule is O=C(NCCn1ncc2c(=O)n(Cc3ccc([N+](=O)[O-])cc3)cnc21)c1ccc(F)cc1. The number of carbonyl (C=O) groups is 1. The number of fused-ring (bicyclic) bond motifs is 1. The molecule has 0 aliphatic heterocycles. The molecule has 0 aliphatic rings. The second-order valence-electron chi connectivity index (χ2n) is 6.97. The first-order valence-electron chi connectivity index (χ1n) is 9.60. The van der Waals surface area contributed by atoms with Crippen molar-refractivity contribution in [1.29, 1.82) is 0 Å². The van der Waals surface area contributed by atoms with Crippen LogP contribution in [0.3, 0.4) is 0 Å². The lowest BCUT2D eigenvalue weighted by Gasteiger charge is -2.08. The van der Waals surface area contributed by atoms with E-state index in [9.17, 15) is 24.1 Å². The molecule has 0 bridgehead atoms. The fourth-order valence-corrected chi connectivity index (χ4v) is 3.17. The van der Waals surface area contributed by atoms with Crippen LogP contribution in [0.15, 0.2) is 65.8 Å². The molecule has 0 saturated carbocycles. The molecule has 2 aromatic heterocycles. The molecule has 0 atom stereocenters. The van der Waals surface area contributed by atoms with Gasteiger partial charge in [-0.15, -0.1) is 0 Å². The zero-order valence-electron chi connectivity index (χ0n) is 16.6. The minimum Gasteiger partial charge on any atom is -0.350 e. The third-order valence-electron chi connectivity index (χ3n) is 4.84. The number of hydrogen-bond acceptors (Lipinski definition) is 6. The van der Waals surface area contributed by atoms with Crippen LogP contribution >= 0.6 is 0 Å². The molecule has 11 heteroatoms. The van der Waals surface area contributed by atoms with E-state index in [4.69, 9.17) is 0 Å². The molecule has 0 saturated heterocycles. The van der Waals surface area contributed by atoms with E-state index in [0.717, 1.165) is 5.56 Å². The number of amides is 1. The first kappa shape index (κ1) is 20.8. The standard InChI is InChI=1S/C21H17FN6O4/c22-16-5-3-15(4-6-16)20(29)23-9-10-27-19-18(11-25-27)21(30)26(13-24-19)12-14-1-7-17(8-2-14)28(31)32/h1-8,11,13H,9-10,12H2,(H,23,29). The first-order valence-corrected chi connectivity index (χ1v) is 9.60. The van der Waals surface area contributed by atoms with E-state index in [1.807, 2.05) is 0 Å². The summed E-state index contributed by atoms with van der Waals surface area (Å²) >= 11 is 0. The molecule has 10 nitrogen and oxygen atoms in total. The third-order valence-corrected chi connectivity index (χ3v) is 4.84. The molecule has 32 heavy (non-hydrogen) atoms. The van der Waals surface area contributed by atoms with Gasteiger partial charge in [-0.05, 0) is 29.8 Å². The van der Waals surface area contributed by atoms with Crippen LogP contribution in [-0.2, 0) is 13.1 Å². The molecular formula is C21H17FN6O4. The van der Waals surface area contributed by atoms with Gasteiger partial charge in [0.2, 0.25) is 0 Å². The van der Waals surface area contributed by atoms with Crippen LogP contribution in [0.2, 0.25) is 0 Å². The number of aromatic nitrogens is 4. The van der Waals surface area contributed by atoms with E-state index in [1.165, 1.54) is 58.2 Å².